The van der Waals surface area contributed by atoms with E-state index in [-0.39, 0.29) is 18.1 Å². The van der Waals surface area contributed by atoms with Crippen molar-refractivity contribution in [1.29, 1.82) is 0 Å². The minimum atomic E-state index is -0.00772. The molecular weight excluding hydrogens is 266 g/mol. The Morgan fingerprint density at radius 3 is 3.16 bits per heavy atom. The van der Waals surface area contributed by atoms with Gasteiger partial charge in [-0.1, -0.05) is 11.8 Å². The Morgan fingerprint density at radius 1 is 1.63 bits per heavy atom. The fraction of sp³-hybridized carbons (Fsp3) is 0.818. The zero-order valence-corrected chi connectivity index (χ0v) is 12.0. The quantitative estimate of drug-likeness (QED) is 0.765. The molecule has 0 spiro atoms. The van der Waals surface area contributed by atoms with Crippen LogP contribution in [0, 0.1) is 0 Å². The number of hydrogen-bond donors (Lipinski definition) is 1. The number of thioether (sulfide) groups is 1. The number of rotatable bonds is 6. The van der Waals surface area contributed by atoms with Gasteiger partial charge in [-0.3, -0.25) is 4.79 Å². The highest BCUT2D eigenvalue weighted by Crippen LogP contribution is 2.18. The number of carbonyl (C=O) groups excluding carboxylic acids is 1. The second-order valence-electron chi connectivity index (χ2n) is 4.79. The monoisotopic (exact) mass is 285 g/mol. The Morgan fingerprint density at radius 2 is 2.47 bits per heavy atom. The van der Waals surface area contributed by atoms with E-state index in [2.05, 4.69) is 20.8 Å². The van der Waals surface area contributed by atoms with Gasteiger partial charge >= 0.3 is 0 Å². The SMILES string of the molecule is CC(C)NC(=O)CSc1nnnn1C[C@H]1CCCO1. The van der Waals surface area contributed by atoms with Gasteiger partial charge in [0.25, 0.3) is 0 Å². The van der Waals surface area contributed by atoms with Crippen LogP contribution >= 0.6 is 11.8 Å². The van der Waals surface area contributed by atoms with Gasteiger partial charge in [-0.2, -0.15) is 0 Å². The molecule has 1 aromatic heterocycles. The fourth-order valence-electron chi connectivity index (χ4n) is 1.89. The summed E-state index contributed by atoms with van der Waals surface area (Å²) in [5, 5.41) is 15.0. The summed E-state index contributed by atoms with van der Waals surface area (Å²) >= 11 is 1.35. The molecular formula is C11H19N5O2S. The average molecular weight is 285 g/mol. The van der Waals surface area contributed by atoms with Crippen LogP contribution in [0.5, 0.6) is 0 Å². The minimum Gasteiger partial charge on any atom is -0.376 e. The van der Waals surface area contributed by atoms with E-state index in [1.165, 1.54) is 11.8 Å². The summed E-state index contributed by atoms with van der Waals surface area (Å²) in [6.07, 6.45) is 2.32. The van der Waals surface area contributed by atoms with E-state index in [9.17, 15) is 4.79 Å². The molecule has 0 bridgehead atoms. The van der Waals surface area contributed by atoms with Crippen molar-refractivity contribution >= 4 is 17.7 Å². The third-order valence-electron chi connectivity index (χ3n) is 2.68. The van der Waals surface area contributed by atoms with E-state index in [0.717, 1.165) is 19.4 Å². The number of ether oxygens (including phenoxy) is 1. The molecule has 0 aliphatic carbocycles. The molecule has 1 fully saturated rings. The summed E-state index contributed by atoms with van der Waals surface area (Å²) in [5.41, 5.74) is 0. The van der Waals surface area contributed by atoms with Gasteiger partial charge in [-0.05, 0) is 37.1 Å². The van der Waals surface area contributed by atoms with Crippen LogP contribution in [0.1, 0.15) is 26.7 Å². The lowest BCUT2D eigenvalue weighted by Gasteiger charge is -2.10. The molecule has 1 amide bonds. The Bertz CT molecular complexity index is 417. The first-order valence-corrected chi connectivity index (χ1v) is 7.43. The van der Waals surface area contributed by atoms with Crippen molar-refractivity contribution < 1.29 is 9.53 Å². The first-order chi connectivity index (χ1) is 9.15. The van der Waals surface area contributed by atoms with Crippen molar-refractivity contribution in [2.75, 3.05) is 12.4 Å². The molecule has 1 aliphatic rings. The van der Waals surface area contributed by atoms with Crippen molar-refractivity contribution in [1.82, 2.24) is 25.5 Å². The number of tetrazole rings is 1. The second-order valence-corrected chi connectivity index (χ2v) is 5.73. The standard InChI is InChI=1S/C11H19N5O2S/c1-8(2)12-10(17)7-19-11-13-14-15-16(11)6-9-4-3-5-18-9/h8-9H,3-7H2,1-2H3,(H,12,17)/t9-/m1/s1. The topological polar surface area (TPSA) is 81.9 Å². The summed E-state index contributed by atoms with van der Waals surface area (Å²) in [4.78, 5) is 11.6. The van der Waals surface area contributed by atoms with Gasteiger partial charge in [0.1, 0.15) is 0 Å². The maximum absolute atomic E-state index is 11.6. The van der Waals surface area contributed by atoms with Gasteiger partial charge in [0.2, 0.25) is 11.1 Å². The highest BCUT2D eigenvalue weighted by atomic mass is 32.2. The van der Waals surface area contributed by atoms with Gasteiger partial charge < -0.3 is 10.1 Å². The number of hydrogen-bond acceptors (Lipinski definition) is 6. The number of carbonyl (C=O) groups is 1. The molecule has 106 valence electrons. The largest absolute Gasteiger partial charge is 0.376 e. The van der Waals surface area contributed by atoms with Crippen LogP contribution in [0.2, 0.25) is 0 Å². The first kappa shape index (κ1) is 14.3. The van der Waals surface area contributed by atoms with Crippen molar-refractivity contribution in [3.05, 3.63) is 0 Å². The third kappa shape index (κ3) is 4.46. The highest BCUT2D eigenvalue weighted by molar-refractivity contribution is 7.99. The zero-order chi connectivity index (χ0) is 13.7. The van der Waals surface area contributed by atoms with E-state index >= 15 is 0 Å². The van der Waals surface area contributed by atoms with Crippen LogP contribution in [-0.4, -0.2) is 50.6 Å². The number of nitrogens with one attached hydrogen (secondary N) is 1. The van der Waals surface area contributed by atoms with E-state index in [4.69, 9.17) is 4.74 Å². The second kappa shape index (κ2) is 6.85. The smallest absolute Gasteiger partial charge is 0.230 e. The van der Waals surface area contributed by atoms with Crippen LogP contribution in [0.25, 0.3) is 0 Å². The van der Waals surface area contributed by atoms with Gasteiger partial charge in [-0.25, -0.2) is 4.68 Å². The average Bonchev–Trinajstić information content (AvgIpc) is 2.98. The Hall–Kier alpha value is -1.15. The molecule has 1 aromatic rings. The molecule has 0 unspecified atom stereocenters. The molecule has 2 rings (SSSR count). The lowest BCUT2D eigenvalue weighted by Crippen LogP contribution is -2.31. The molecule has 1 aliphatic heterocycles. The molecule has 0 aromatic carbocycles. The Labute approximate surface area is 116 Å². The first-order valence-electron chi connectivity index (χ1n) is 6.45. The summed E-state index contributed by atoms with van der Waals surface area (Å²) in [5.74, 6) is 0.316. The number of amides is 1. The Kier molecular flexibility index (Phi) is 5.15. The Balaban J connectivity index is 1.83. The summed E-state index contributed by atoms with van der Waals surface area (Å²) < 4.78 is 7.27. The predicted molar refractivity (Wildman–Crippen MR) is 70.8 cm³/mol. The summed E-state index contributed by atoms with van der Waals surface area (Å²) in [6.45, 7) is 5.33. The van der Waals surface area contributed by atoms with Crippen LogP contribution in [0.3, 0.4) is 0 Å². The molecule has 1 atom stereocenters. The molecule has 8 heteroatoms. The maximum Gasteiger partial charge on any atom is 0.230 e. The molecule has 19 heavy (non-hydrogen) atoms. The third-order valence-corrected chi connectivity index (χ3v) is 3.64. The molecule has 1 saturated heterocycles. The van der Waals surface area contributed by atoms with Crippen LogP contribution in [0.4, 0.5) is 0 Å². The normalized spacial score (nSPS) is 19.0. The summed E-state index contributed by atoms with van der Waals surface area (Å²) in [6, 6.07) is 0.149. The van der Waals surface area contributed by atoms with E-state index < -0.39 is 0 Å². The minimum absolute atomic E-state index is 0.00772. The molecule has 7 nitrogen and oxygen atoms in total. The van der Waals surface area contributed by atoms with Crippen LogP contribution in [0.15, 0.2) is 5.16 Å². The summed E-state index contributed by atoms with van der Waals surface area (Å²) in [7, 11) is 0. The predicted octanol–water partition coefficient (Wildman–Crippen LogP) is 0.469. The van der Waals surface area contributed by atoms with Gasteiger partial charge in [-0.15, -0.1) is 5.10 Å². The van der Waals surface area contributed by atoms with Gasteiger partial charge in [0.15, 0.2) is 0 Å². The van der Waals surface area contributed by atoms with Crippen molar-refractivity contribution in [2.45, 2.75) is 50.5 Å². The molecule has 1 N–H and O–H groups in total. The number of nitrogens with zero attached hydrogens (tertiary/aromatic N) is 4. The zero-order valence-electron chi connectivity index (χ0n) is 11.2. The van der Waals surface area contributed by atoms with Crippen molar-refractivity contribution in [3.63, 3.8) is 0 Å². The van der Waals surface area contributed by atoms with E-state index in [0.29, 0.717) is 17.5 Å². The van der Waals surface area contributed by atoms with Gasteiger partial charge in [0.05, 0.1) is 18.4 Å². The van der Waals surface area contributed by atoms with Crippen molar-refractivity contribution in [3.8, 4) is 0 Å². The highest BCUT2D eigenvalue weighted by Gasteiger charge is 2.19. The molecule has 0 saturated carbocycles. The van der Waals surface area contributed by atoms with Gasteiger partial charge in [0, 0.05) is 12.6 Å². The van der Waals surface area contributed by atoms with Crippen LogP contribution < -0.4 is 5.32 Å². The number of aromatic nitrogens is 4. The van der Waals surface area contributed by atoms with Crippen LogP contribution in [-0.2, 0) is 16.1 Å². The fourth-order valence-corrected chi connectivity index (χ4v) is 2.59. The maximum atomic E-state index is 11.6. The molecule has 2 heterocycles. The lowest BCUT2D eigenvalue weighted by atomic mass is 10.2. The van der Waals surface area contributed by atoms with E-state index in [1.807, 2.05) is 13.8 Å². The van der Waals surface area contributed by atoms with Crippen molar-refractivity contribution in [2.24, 2.45) is 0 Å². The molecule has 0 radical (unpaired) electrons. The van der Waals surface area contributed by atoms with E-state index in [1.54, 1.807) is 4.68 Å². The lowest BCUT2D eigenvalue weighted by molar-refractivity contribution is -0.119.